The minimum atomic E-state index is 0.807. The molecule has 13 heavy (non-hydrogen) atoms. The lowest BCUT2D eigenvalue weighted by atomic mass is 10.3. The monoisotopic (exact) mass is 242 g/mol. The molecule has 0 bridgehead atoms. The van der Waals surface area contributed by atoms with E-state index in [1.165, 1.54) is 0 Å². The SMILES string of the molecule is Brc1ncccc1N1CCOCC1. The van der Waals surface area contributed by atoms with Crippen LogP contribution >= 0.6 is 15.9 Å². The molecule has 0 aromatic carbocycles. The van der Waals surface area contributed by atoms with Gasteiger partial charge in [-0.3, -0.25) is 0 Å². The van der Waals surface area contributed by atoms with Gasteiger partial charge in [-0.1, -0.05) is 0 Å². The Bertz CT molecular complexity index is 287. The fraction of sp³-hybridized carbons (Fsp3) is 0.444. The normalized spacial score (nSPS) is 17.5. The van der Waals surface area contributed by atoms with Crippen molar-refractivity contribution in [3.63, 3.8) is 0 Å². The Hall–Kier alpha value is -0.610. The Morgan fingerprint density at radius 2 is 2.15 bits per heavy atom. The molecule has 0 amide bonds. The Labute approximate surface area is 85.8 Å². The quantitative estimate of drug-likeness (QED) is 0.701. The molecule has 3 nitrogen and oxygen atoms in total. The highest BCUT2D eigenvalue weighted by atomic mass is 79.9. The van der Waals surface area contributed by atoms with Crippen LogP contribution in [0.5, 0.6) is 0 Å². The van der Waals surface area contributed by atoms with Crippen molar-refractivity contribution in [1.82, 2.24) is 4.98 Å². The Morgan fingerprint density at radius 1 is 1.38 bits per heavy atom. The van der Waals surface area contributed by atoms with Gasteiger partial charge >= 0.3 is 0 Å². The molecule has 0 spiro atoms. The lowest BCUT2D eigenvalue weighted by molar-refractivity contribution is 0.122. The van der Waals surface area contributed by atoms with Crippen LogP contribution in [0.3, 0.4) is 0 Å². The topological polar surface area (TPSA) is 25.4 Å². The van der Waals surface area contributed by atoms with Crippen molar-refractivity contribution in [3.05, 3.63) is 22.9 Å². The molecule has 1 aliphatic rings. The van der Waals surface area contributed by atoms with Gasteiger partial charge in [-0.2, -0.15) is 0 Å². The molecule has 1 aromatic heterocycles. The van der Waals surface area contributed by atoms with Crippen molar-refractivity contribution < 1.29 is 4.74 Å². The number of halogens is 1. The second kappa shape index (κ2) is 4.07. The number of morpholine rings is 1. The van der Waals surface area contributed by atoms with Gasteiger partial charge in [0.1, 0.15) is 4.60 Å². The smallest absolute Gasteiger partial charge is 0.129 e. The number of ether oxygens (including phenoxy) is 1. The third kappa shape index (κ3) is 2.00. The molecule has 0 unspecified atom stereocenters. The van der Waals surface area contributed by atoms with Crippen molar-refractivity contribution in [2.24, 2.45) is 0 Å². The summed E-state index contributed by atoms with van der Waals surface area (Å²) in [5, 5.41) is 0. The average Bonchev–Trinajstić information content (AvgIpc) is 2.20. The lowest BCUT2D eigenvalue weighted by Gasteiger charge is -2.29. The molecule has 0 atom stereocenters. The first-order valence-corrected chi connectivity index (χ1v) is 5.10. The Kier molecular flexibility index (Phi) is 2.80. The fourth-order valence-corrected chi connectivity index (χ4v) is 1.92. The highest BCUT2D eigenvalue weighted by Gasteiger charge is 2.13. The van der Waals surface area contributed by atoms with E-state index >= 15 is 0 Å². The first-order valence-electron chi connectivity index (χ1n) is 4.31. The van der Waals surface area contributed by atoms with Crippen LogP contribution in [0.15, 0.2) is 22.9 Å². The van der Waals surface area contributed by atoms with E-state index in [1.54, 1.807) is 6.20 Å². The van der Waals surface area contributed by atoms with Crippen LogP contribution in [0.4, 0.5) is 5.69 Å². The van der Waals surface area contributed by atoms with Crippen LogP contribution < -0.4 is 4.90 Å². The number of aromatic nitrogens is 1. The van der Waals surface area contributed by atoms with Crippen molar-refractivity contribution in [2.75, 3.05) is 31.2 Å². The van der Waals surface area contributed by atoms with E-state index in [9.17, 15) is 0 Å². The maximum absolute atomic E-state index is 5.28. The van der Waals surface area contributed by atoms with E-state index in [0.29, 0.717) is 0 Å². The summed E-state index contributed by atoms with van der Waals surface area (Å²) in [6.07, 6.45) is 1.79. The van der Waals surface area contributed by atoms with Gasteiger partial charge in [0, 0.05) is 19.3 Å². The van der Waals surface area contributed by atoms with Gasteiger partial charge in [-0.25, -0.2) is 4.98 Å². The van der Waals surface area contributed by atoms with E-state index in [1.807, 2.05) is 6.07 Å². The van der Waals surface area contributed by atoms with E-state index < -0.39 is 0 Å². The van der Waals surface area contributed by atoms with Crippen LogP contribution in [0.2, 0.25) is 0 Å². The maximum atomic E-state index is 5.28. The number of anilines is 1. The molecule has 70 valence electrons. The van der Waals surface area contributed by atoms with Crippen LogP contribution in [-0.2, 0) is 4.74 Å². The Balaban J connectivity index is 2.18. The molecule has 0 N–H and O–H groups in total. The van der Waals surface area contributed by atoms with Gasteiger partial charge in [0.15, 0.2) is 0 Å². The molecule has 2 rings (SSSR count). The second-order valence-corrected chi connectivity index (χ2v) is 3.66. The molecular formula is C9H11BrN2O. The van der Waals surface area contributed by atoms with Gasteiger partial charge < -0.3 is 9.64 Å². The summed E-state index contributed by atoms with van der Waals surface area (Å²) >= 11 is 3.44. The molecule has 1 aliphatic heterocycles. The molecule has 1 aromatic rings. The molecule has 4 heteroatoms. The van der Waals surface area contributed by atoms with E-state index in [0.717, 1.165) is 36.6 Å². The van der Waals surface area contributed by atoms with Gasteiger partial charge in [0.25, 0.3) is 0 Å². The van der Waals surface area contributed by atoms with Crippen molar-refractivity contribution in [3.8, 4) is 0 Å². The van der Waals surface area contributed by atoms with Gasteiger partial charge in [-0.15, -0.1) is 0 Å². The van der Waals surface area contributed by atoms with E-state index in [-0.39, 0.29) is 0 Å². The van der Waals surface area contributed by atoms with Crippen LogP contribution in [0, 0.1) is 0 Å². The number of hydrogen-bond acceptors (Lipinski definition) is 3. The zero-order chi connectivity index (χ0) is 9.10. The predicted molar refractivity (Wildman–Crippen MR) is 55.0 cm³/mol. The number of pyridine rings is 1. The molecule has 1 fully saturated rings. The van der Waals surface area contributed by atoms with Gasteiger partial charge in [-0.05, 0) is 28.1 Å². The fourth-order valence-electron chi connectivity index (χ4n) is 1.42. The summed E-state index contributed by atoms with van der Waals surface area (Å²) in [7, 11) is 0. The summed E-state index contributed by atoms with van der Waals surface area (Å²) in [4.78, 5) is 6.47. The molecular weight excluding hydrogens is 232 g/mol. The van der Waals surface area contributed by atoms with Crippen molar-refractivity contribution in [1.29, 1.82) is 0 Å². The first-order chi connectivity index (χ1) is 6.38. The van der Waals surface area contributed by atoms with Gasteiger partial charge in [0.2, 0.25) is 0 Å². The minimum Gasteiger partial charge on any atom is -0.378 e. The lowest BCUT2D eigenvalue weighted by Crippen LogP contribution is -2.36. The summed E-state index contributed by atoms with van der Waals surface area (Å²) in [6.45, 7) is 3.51. The van der Waals surface area contributed by atoms with Gasteiger partial charge in [0.05, 0.1) is 18.9 Å². The number of hydrogen-bond donors (Lipinski definition) is 0. The summed E-state index contributed by atoms with van der Waals surface area (Å²) in [5.74, 6) is 0. The van der Waals surface area contributed by atoms with Crippen molar-refractivity contribution in [2.45, 2.75) is 0 Å². The third-order valence-electron chi connectivity index (χ3n) is 2.09. The summed E-state index contributed by atoms with van der Waals surface area (Å²) in [6, 6.07) is 4.03. The minimum absolute atomic E-state index is 0.807. The summed E-state index contributed by atoms with van der Waals surface area (Å²) < 4.78 is 6.20. The molecule has 1 saturated heterocycles. The average molecular weight is 243 g/mol. The molecule has 2 heterocycles. The van der Waals surface area contributed by atoms with E-state index in [2.05, 4.69) is 31.9 Å². The van der Waals surface area contributed by atoms with Crippen LogP contribution in [0.1, 0.15) is 0 Å². The number of rotatable bonds is 1. The highest BCUT2D eigenvalue weighted by molar-refractivity contribution is 9.10. The summed E-state index contributed by atoms with van der Waals surface area (Å²) in [5.41, 5.74) is 1.16. The zero-order valence-electron chi connectivity index (χ0n) is 7.24. The van der Waals surface area contributed by atoms with E-state index in [4.69, 9.17) is 4.74 Å². The molecule has 0 radical (unpaired) electrons. The van der Waals surface area contributed by atoms with Crippen LogP contribution in [0.25, 0.3) is 0 Å². The zero-order valence-corrected chi connectivity index (χ0v) is 8.83. The largest absolute Gasteiger partial charge is 0.378 e. The highest BCUT2D eigenvalue weighted by Crippen LogP contribution is 2.23. The Morgan fingerprint density at radius 3 is 2.85 bits per heavy atom. The van der Waals surface area contributed by atoms with Crippen molar-refractivity contribution >= 4 is 21.6 Å². The second-order valence-electron chi connectivity index (χ2n) is 2.91. The third-order valence-corrected chi connectivity index (χ3v) is 2.70. The number of nitrogens with zero attached hydrogens (tertiary/aromatic N) is 2. The maximum Gasteiger partial charge on any atom is 0.129 e. The predicted octanol–water partition coefficient (Wildman–Crippen LogP) is 1.68. The standard InChI is InChI=1S/C9H11BrN2O/c10-9-8(2-1-3-11-9)12-4-6-13-7-5-12/h1-3H,4-7H2. The van der Waals surface area contributed by atoms with Crippen LogP contribution in [-0.4, -0.2) is 31.3 Å². The first kappa shape index (κ1) is 8.97. The molecule has 0 saturated carbocycles. The molecule has 0 aliphatic carbocycles.